The van der Waals surface area contributed by atoms with E-state index in [0.29, 0.717) is 13.2 Å². The second-order valence-electron chi connectivity index (χ2n) is 3.69. The van der Waals surface area contributed by atoms with E-state index in [1.807, 2.05) is 37.3 Å². The predicted octanol–water partition coefficient (Wildman–Crippen LogP) is 2.73. The van der Waals surface area contributed by atoms with Gasteiger partial charge in [0.15, 0.2) is 0 Å². The summed E-state index contributed by atoms with van der Waals surface area (Å²) >= 11 is 0. The molecule has 0 spiro atoms. The molecule has 4 heteroatoms. The van der Waals surface area contributed by atoms with Crippen molar-refractivity contribution in [1.82, 2.24) is 4.98 Å². The maximum Gasteiger partial charge on any atom is 0.130 e. The number of rotatable bonds is 5. The second kappa shape index (κ2) is 6.02. The standard InChI is InChI=1S/C14H16N2O2/c1-2-17-12-3-5-13(6-4-12)18-14-7-8-16-11(9-14)10-15/h3-9H,2,10,15H2,1H3. The van der Waals surface area contributed by atoms with E-state index < -0.39 is 0 Å². The molecule has 0 unspecified atom stereocenters. The van der Waals surface area contributed by atoms with Crippen molar-refractivity contribution in [2.24, 2.45) is 5.73 Å². The average Bonchev–Trinajstić information content (AvgIpc) is 2.42. The normalized spacial score (nSPS) is 10.1. The molecule has 1 heterocycles. The first kappa shape index (κ1) is 12.4. The Bertz CT molecular complexity index is 497. The highest BCUT2D eigenvalue weighted by Gasteiger charge is 2.00. The summed E-state index contributed by atoms with van der Waals surface area (Å²) in [5.74, 6) is 2.32. The largest absolute Gasteiger partial charge is 0.494 e. The summed E-state index contributed by atoms with van der Waals surface area (Å²) < 4.78 is 11.1. The lowest BCUT2D eigenvalue weighted by molar-refractivity contribution is 0.339. The molecule has 0 fully saturated rings. The third kappa shape index (κ3) is 3.21. The first-order valence-electron chi connectivity index (χ1n) is 5.87. The van der Waals surface area contributed by atoms with Gasteiger partial charge in [-0.05, 0) is 37.3 Å². The molecular formula is C14H16N2O2. The van der Waals surface area contributed by atoms with Crippen molar-refractivity contribution >= 4 is 0 Å². The van der Waals surface area contributed by atoms with E-state index in [-0.39, 0.29) is 0 Å². The molecule has 18 heavy (non-hydrogen) atoms. The number of hydrogen-bond donors (Lipinski definition) is 1. The zero-order chi connectivity index (χ0) is 12.8. The van der Waals surface area contributed by atoms with Crippen molar-refractivity contribution in [2.75, 3.05) is 6.61 Å². The van der Waals surface area contributed by atoms with Crippen LogP contribution in [0.5, 0.6) is 17.2 Å². The third-order valence-electron chi connectivity index (χ3n) is 2.37. The van der Waals surface area contributed by atoms with Gasteiger partial charge < -0.3 is 15.2 Å². The summed E-state index contributed by atoms with van der Waals surface area (Å²) in [6, 6.07) is 11.1. The van der Waals surface area contributed by atoms with E-state index >= 15 is 0 Å². The van der Waals surface area contributed by atoms with Crippen LogP contribution >= 0.6 is 0 Å². The fraction of sp³-hybridized carbons (Fsp3) is 0.214. The highest BCUT2D eigenvalue weighted by atomic mass is 16.5. The van der Waals surface area contributed by atoms with Crippen LogP contribution in [0.3, 0.4) is 0 Å². The highest BCUT2D eigenvalue weighted by molar-refractivity contribution is 5.35. The summed E-state index contributed by atoms with van der Waals surface area (Å²) in [6.07, 6.45) is 1.69. The second-order valence-corrected chi connectivity index (χ2v) is 3.69. The van der Waals surface area contributed by atoms with E-state index in [9.17, 15) is 0 Å². The molecule has 0 amide bonds. The molecule has 0 bridgehead atoms. The zero-order valence-corrected chi connectivity index (χ0v) is 10.3. The van der Waals surface area contributed by atoms with Crippen LogP contribution in [0.1, 0.15) is 12.6 Å². The van der Waals surface area contributed by atoms with Gasteiger partial charge in [-0.3, -0.25) is 4.98 Å². The molecule has 94 valence electrons. The average molecular weight is 244 g/mol. The van der Waals surface area contributed by atoms with Gasteiger partial charge in [0.25, 0.3) is 0 Å². The van der Waals surface area contributed by atoms with Gasteiger partial charge in [-0.25, -0.2) is 0 Å². The Labute approximate surface area is 106 Å². The van der Waals surface area contributed by atoms with E-state index in [4.69, 9.17) is 15.2 Å². The van der Waals surface area contributed by atoms with Crippen LogP contribution in [0, 0.1) is 0 Å². The minimum Gasteiger partial charge on any atom is -0.494 e. The Kier molecular flexibility index (Phi) is 4.15. The van der Waals surface area contributed by atoms with E-state index in [0.717, 1.165) is 22.9 Å². The van der Waals surface area contributed by atoms with Gasteiger partial charge in [0, 0.05) is 18.8 Å². The number of hydrogen-bond acceptors (Lipinski definition) is 4. The number of nitrogens with zero attached hydrogens (tertiary/aromatic N) is 1. The van der Waals surface area contributed by atoms with Gasteiger partial charge in [0.1, 0.15) is 17.2 Å². The monoisotopic (exact) mass is 244 g/mol. The number of nitrogens with two attached hydrogens (primary N) is 1. The summed E-state index contributed by atoms with van der Waals surface area (Å²) in [5, 5.41) is 0. The summed E-state index contributed by atoms with van der Waals surface area (Å²) in [6.45, 7) is 3.01. The van der Waals surface area contributed by atoms with Gasteiger partial charge in [-0.2, -0.15) is 0 Å². The SMILES string of the molecule is CCOc1ccc(Oc2ccnc(CN)c2)cc1. The molecular weight excluding hydrogens is 228 g/mol. The number of pyridine rings is 1. The van der Waals surface area contributed by atoms with Crippen LogP contribution in [-0.2, 0) is 6.54 Å². The van der Waals surface area contributed by atoms with Gasteiger partial charge in [0.2, 0.25) is 0 Å². The Morgan fingerprint density at radius 1 is 1.06 bits per heavy atom. The zero-order valence-electron chi connectivity index (χ0n) is 10.3. The predicted molar refractivity (Wildman–Crippen MR) is 69.8 cm³/mol. The lowest BCUT2D eigenvalue weighted by Gasteiger charge is -2.08. The minimum atomic E-state index is 0.403. The van der Waals surface area contributed by atoms with Crippen LogP contribution in [0.2, 0.25) is 0 Å². The molecule has 4 nitrogen and oxygen atoms in total. The summed E-state index contributed by atoms with van der Waals surface area (Å²) in [7, 11) is 0. The van der Waals surface area contributed by atoms with E-state index in [1.54, 1.807) is 12.3 Å². The smallest absolute Gasteiger partial charge is 0.130 e. The highest BCUT2D eigenvalue weighted by Crippen LogP contribution is 2.23. The molecule has 0 radical (unpaired) electrons. The first-order valence-corrected chi connectivity index (χ1v) is 5.87. The van der Waals surface area contributed by atoms with Crippen molar-refractivity contribution in [3.8, 4) is 17.2 Å². The maximum absolute atomic E-state index is 5.70. The molecule has 1 aromatic heterocycles. The van der Waals surface area contributed by atoms with Crippen LogP contribution in [0.25, 0.3) is 0 Å². The van der Waals surface area contributed by atoms with Gasteiger partial charge in [-0.15, -0.1) is 0 Å². The van der Waals surface area contributed by atoms with Crippen molar-refractivity contribution < 1.29 is 9.47 Å². The van der Waals surface area contributed by atoms with Crippen LogP contribution in [0.15, 0.2) is 42.6 Å². The fourth-order valence-electron chi connectivity index (χ4n) is 1.54. The number of aromatic nitrogens is 1. The fourth-order valence-corrected chi connectivity index (χ4v) is 1.54. The minimum absolute atomic E-state index is 0.403. The molecule has 0 saturated heterocycles. The maximum atomic E-state index is 5.70. The molecule has 0 saturated carbocycles. The Morgan fingerprint density at radius 3 is 2.44 bits per heavy atom. The molecule has 2 aromatic rings. The van der Waals surface area contributed by atoms with E-state index in [2.05, 4.69) is 4.98 Å². The number of ether oxygens (including phenoxy) is 2. The van der Waals surface area contributed by atoms with Crippen LogP contribution in [0.4, 0.5) is 0 Å². The summed E-state index contributed by atoms with van der Waals surface area (Å²) in [5.41, 5.74) is 6.33. The van der Waals surface area contributed by atoms with E-state index in [1.165, 1.54) is 0 Å². The molecule has 2 rings (SSSR count). The number of benzene rings is 1. The van der Waals surface area contributed by atoms with Crippen molar-refractivity contribution in [2.45, 2.75) is 13.5 Å². The molecule has 0 aliphatic carbocycles. The molecule has 0 aliphatic rings. The topological polar surface area (TPSA) is 57.4 Å². The molecule has 2 N–H and O–H groups in total. The lowest BCUT2D eigenvalue weighted by Crippen LogP contribution is -1.99. The Balaban J connectivity index is 2.08. The van der Waals surface area contributed by atoms with Gasteiger partial charge >= 0.3 is 0 Å². The van der Waals surface area contributed by atoms with Crippen molar-refractivity contribution in [3.05, 3.63) is 48.3 Å². The molecule has 0 atom stereocenters. The van der Waals surface area contributed by atoms with Gasteiger partial charge in [-0.1, -0.05) is 0 Å². The third-order valence-corrected chi connectivity index (χ3v) is 2.37. The quantitative estimate of drug-likeness (QED) is 0.878. The van der Waals surface area contributed by atoms with Crippen molar-refractivity contribution in [1.29, 1.82) is 0 Å². The molecule has 0 aliphatic heterocycles. The molecule has 1 aromatic carbocycles. The Morgan fingerprint density at radius 2 is 1.78 bits per heavy atom. The lowest BCUT2D eigenvalue weighted by atomic mass is 10.3. The van der Waals surface area contributed by atoms with Crippen LogP contribution < -0.4 is 15.2 Å². The first-order chi connectivity index (χ1) is 8.81. The van der Waals surface area contributed by atoms with Crippen molar-refractivity contribution in [3.63, 3.8) is 0 Å². The van der Waals surface area contributed by atoms with Crippen LogP contribution in [-0.4, -0.2) is 11.6 Å². The van der Waals surface area contributed by atoms with Gasteiger partial charge in [0.05, 0.1) is 12.3 Å². The summed E-state index contributed by atoms with van der Waals surface area (Å²) in [4.78, 5) is 4.11. The Hall–Kier alpha value is -2.07.